The van der Waals surface area contributed by atoms with Gasteiger partial charge in [-0.1, -0.05) is 30.3 Å². The summed E-state index contributed by atoms with van der Waals surface area (Å²) in [6, 6.07) is 18.6. The largest absolute Gasteiger partial charge is 0.465 e. The maximum Gasteiger partial charge on any atom is 0.408 e. The van der Waals surface area contributed by atoms with E-state index in [-0.39, 0.29) is 18.9 Å². The van der Waals surface area contributed by atoms with Gasteiger partial charge in [0.15, 0.2) is 0 Å². The molecule has 0 radical (unpaired) electrons. The fourth-order valence-electron chi connectivity index (χ4n) is 3.98. The van der Waals surface area contributed by atoms with Gasteiger partial charge in [0.2, 0.25) is 5.91 Å². The summed E-state index contributed by atoms with van der Waals surface area (Å²) in [6.45, 7) is 0.00765. The smallest absolute Gasteiger partial charge is 0.408 e. The zero-order valence-electron chi connectivity index (χ0n) is 20.6. The molecule has 0 unspecified atom stereocenters. The van der Waals surface area contributed by atoms with Crippen molar-refractivity contribution in [2.75, 3.05) is 18.1 Å². The van der Waals surface area contributed by atoms with Gasteiger partial charge in [-0.15, -0.1) is 11.3 Å². The number of carbonyl (C=O) groups excluding carboxylic acids is 2. The van der Waals surface area contributed by atoms with Gasteiger partial charge in [0, 0.05) is 36.3 Å². The number of rotatable bonds is 9. The third-order valence-corrected chi connectivity index (χ3v) is 6.92. The van der Waals surface area contributed by atoms with E-state index in [1.54, 1.807) is 66.2 Å². The normalized spacial score (nSPS) is 11.4. The molecule has 5 N–H and O–H groups in total. The molecule has 0 saturated carbocycles. The Morgan fingerprint density at radius 2 is 1.84 bits per heavy atom. The van der Waals surface area contributed by atoms with Crippen LogP contribution in [0.5, 0.6) is 0 Å². The van der Waals surface area contributed by atoms with Crippen molar-refractivity contribution < 1.29 is 19.5 Å². The fourth-order valence-corrected chi connectivity index (χ4v) is 4.71. The van der Waals surface area contributed by atoms with Crippen LogP contribution < -0.4 is 16.4 Å². The van der Waals surface area contributed by atoms with Crippen LogP contribution >= 0.6 is 11.3 Å². The number of carbonyl (C=O) groups is 3. The highest BCUT2D eigenvalue weighted by atomic mass is 32.1. The average molecular weight is 530 g/mol. The maximum atomic E-state index is 12.9. The highest BCUT2D eigenvalue weighted by Crippen LogP contribution is 2.30. The molecule has 38 heavy (non-hydrogen) atoms. The Balaban J connectivity index is 1.49. The molecule has 0 spiro atoms. The predicted molar refractivity (Wildman–Crippen MR) is 148 cm³/mol. The monoisotopic (exact) mass is 529 g/mol. The summed E-state index contributed by atoms with van der Waals surface area (Å²) < 4.78 is 0. The molecule has 9 nitrogen and oxygen atoms in total. The number of nitrogens with zero attached hydrogens (tertiary/aromatic N) is 2. The van der Waals surface area contributed by atoms with Gasteiger partial charge < -0.3 is 21.5 Å². The molecule has 0 fully saturated rings. The summed E-state index contributed by atoms with van der Waals surface area (Å²) in [5, 5.41) is 17.2. The minimum atomic E-state index is -1.22. The Bertz CT molecular complexity index is 1410. The molecule has 4 aromatic rings. The number of nitrogen functional groups attached to an aromatic ring is 1. The number of aromatic nitrogens is 1. The third kappa shape index (κ3) is 6.34. The summed E-state index contributed by atoms with van der Waals surface area (Å²) in [7, 11) is 1.46. The van der Waals surface area contributed by atoms with Crippen LogP contribution in [0.1, 0.15) is 21.5 Å². The second-order valence-electron chi connectivity index (χ2n) is 8.54. The standard InChI is InChI=1S/C28H27N5O4S/c1-30-27(35)24(33(28(36)37)17-19-4-2-12-31-16-19)14-18-6-8-20(9-7-18)26(34)32-23-15-21(10-11-22(23)29)25-5-3-13-38-25/h2-13,15-16,24H,14,17,29H2,1H3,(H,30,35)(H,32,34)(H,36,37)/t24-/m0/s1. The number of nitrogens with two attached hydrogens (primary N) is 1. The maximum absolute atomic E-state index is 12.9. The summed E-state index contributed by atoms with van der Waals surface area (Å²) >= 11 is 1.59. The molecule has 0 aliphatic heterocycles. The number of thiophene rings is 1. The lowest BCUT2D eigenvalue weighted by Crippen LogP contribution is -2.49. The Hall–Kier alpha value is -4.70. The summed E-state index contributed by atoms with van der Waals surface area (Å²) in [4.78, 5) is 43.8. The Morgan fingerprint density at radius 3 is 2.47 bits per heavy atom. The van der Waals surface area contributed by atoms with Crippen LogP contribution in [0.15, 0.2) is 84.5 Å². The van der Waals surface area contributed by atoms with E-state index >= 15 is 0 Å². The number of hydrogen-bond donors (Lipinski definition) is 4. The minimum absolute atomic E-state index is 0.00765. The van der Waals surface area contributed by atoms with E-state index < -0.39 is 18.0 Å². The summed E-state index contributed by atoms with van der Waals surface area (Å²) in [5.74, 6) is -0.766. The lowest BCUT2D eigenvalue weighted by atomic mass is 10.0. The van der Waals surface area contributed by atoms with Crippen LogP contribution in [0.4, 0.5) is 16.2 Å². The zero-order valence-corrected chi connectivity index (χ0v) is 21.4. The van der Waals surface area contributed by atoms with E-state index in [1.165, 1.54) is 7.05 Å². The number of pyridine rings is 1. The first-order valence-corrected chi connectivity index (χ1v) is 12.7. The van der Waals surface area contributed by atoms with Gasteiger partial charge in [-0.3, -0.25) is 19.5 Å². The van der Waals surface area contributed by atoms with Crippen LogP contribution in [0.25, 0.3) is 10.4 Å². The Morgan fingerprint density at radius 1 is 1.05 bits per heavy atom. The van der Waals surface area contributed by atoms with Crippen LogP contribution in [0.2, 0.25) is 0 Å². The van der Waals surface area contributed by atoms with E-state index in [4.69, 9.17) is 5.73 Å². The number of anilines is 2. The number of likely N-dealkylation sites (N-methyl/N-ethyl adjacent to an activating group) is 1. The number of benzene rings is 2. The molecule has 0 saturated heterocycles. The highest BCUT2D eigenvalue weighted by molar-refractivity contribution is 7.13. The average Bonchev–Trinajstić information content (AvgIpc) is 3.47. The first-order chi connectivity index (χ1) is 18.4. The highest BCUT2D eigenvalue weighted by Gasteiger charge is 2.29. The molecule has 3 amide bonds. The molecular weight excluding hydrogens is 502 g/mol. The van der Waals surface area contributed by atoms with Crippen LogP contribution in [0.3, 0.4) is 0 Å². The Labute approximate surface area is 223 Å². The van der Waals surface area contributed by atoms with E-state index in [0.717, 1.165) is 15.3 Å². The van der Waals surface area contributed by atoms with Gasteiger partial charge in [0.05, 0.1) is 17.9 Å². The number of nitrogens with one attached hydrogen (secondary N) is 2. The van der Waals surface area contributed by atoms with Crippen molar-refractivity contribution in [1.29, 1.82) is 0 Å². The fraction of sp³-hybridized carbons (Fsp3) is 0.143. The molecule has 2 aromatic heterocycles. The number of carboxylic acid groups (broad SMARTS) is 1. The van der Waals surface area contributed by atoms with E-state index in [0.29, 0.717) is 28.1 Å². The third-order valence-electron chi connectivity index (χ3n) is 6.00. The molecule has 10 heteroatoms. The van der Waals surface area contributed by atoms with Crippen molar-refractivity contribution in [3.63, 3.8) is 0 Å². The first kappa shape index (κ1) is 26.4. The lowest BCUT2D eigenvalue weighted by Gasteiger charge is -2.28. The molecular formula is C28H27N5O4S. The molecule has 0 aliphatic rings. The Kier molecular flexibility index (Phi) is 8.34. The van der Waals surface area contributed by atoms with Crippen LogP contribution in [-0.4, -0.2) is 46.0 Å². The summed E-state index contributed by atoms with van der Waals surface area (Å²) in [6.07, 6.45) is 2.06. The second-order valence-corrected chi connectivity index (χ2v) is 9.48. The van der Waals surface area contributed by atoms with Gasteiger partial charge >= 0.3 is 6.09 Å². The van der Waals surface area contributed by atoms with Crippen LogP contribution in [-0.2, 0) is 17.8 Å². The second kappa shape index (κ2) is 12.0. The quantitative estimate of drug-likeness (QED) is 0.236. The molecule has 2 heterocycles. The summed E-state index contributed by atoms with van der Waals surface area (Å²) in [5.41, 5.74) is 9.77. The molecule has 4 rings (SSSR count). The van der Waals surface area contributed by atoms with Gasteiger partial charge in [-0.2, -0.15) is 0 Å². The van der Waals surface area contributed by atoms with Gasteiger partial charge in [-0.25, -0.2) is 4.79 Å². The lowest BCUT2D eigenvalue weighted by molar-refractivity contribution is -0.125. The van der Waals surface area contributed by atoms with Crippen molar-refractivity contribution in [3.8, 4) is 10.4 Å². The molecule has 0 bridgehead atoms. The van der Waals surface area contributed by atoms with Crippen molar-refractivity contribution in [2.45, 2.75) is 19.0 Å². The zero-order chi connectivity index (χ0) is 27.1. The molecule has 194 valence electrons. The molecule has 0 aliphatic carbocycles. The van der Waals surface area contributed by atoms with Crippen LogP contribution in [0, 0.1) is 0 Å². The van der Waals surface area contributed by atoms with Crippen molar-refractivity contribution >= 4 is 40.6 Å². The minimum Gasteiger partial charge on any atom is -0.465 e. The van der Waals surface area contributed by atoms with Gasteiger partial charge in [-0.05, 0) is 58.5 Å². The van der Waals surface area contributed by atoms with Gasteiger partial charge in [0.25, 0.3) is 5.91 Å². The number of amides is 3. The van der Waals surface area contributed by atoms with E-state index in [1.807, 2.05) is 29.6 Å². The molecule has 2 aromatic carbocycles. The molecule has 1 atom stereocenters. The van der Waals surface area contributed by atoms with Crippen molar-refractivity contribution in [3.05, 3.63) is 101 Å². The topological polar surface area (TPSA) is 138 Å². The van der Waals surface area contributed by atoms with E-state index in [2.05, 4.69) is 15.6 Å². The van der Waals surface area contributed by atoms with Gasteiger partial charge in [0.1, 0.15) is 6.04 Å². The predicted octanol–water partition coefficient (Wildman–Crippen LogP) is 4.48. The van der Waals surface area contributed by atoms with Crippen molar-refractivity contribution in [1.82, 2.24) is 15.2 Å². The number of hydrogen-bond acceptors (Lipinski definition) is 6. The first-order valence-electron chi connectivity index (χ1n) is 11.8. The van der Waals surface area contributed by atoms with Crippen molar-refractivity contribution in [2.24, 2.45) is 0 Å². The SMILES string of the molecule is CNC(=O)[C@H](Cc1ccc(C(=O)Nc2cc(-c3cccs3)ccc2N)cc1)N(Cc1cccnc1)C(=O)O. The van der Waals surface area contributed by atoms with E-state index in [9.17, 15) is 19.5 Å².